The maximum Gasteiger partial charge on any atom is 0.337 e. The van der Waals surface area contributed by atoms with Gasteiger partial charge in [0.1, 0.15) is 24.3 Å². The lowest BCUT2D eigenvalue weighted by Crippen LogP contribution is -2.09. The van der Waals surface area contributed by atoms with Gasteiger partial charge in [0.25, 0.3) is 0 Å². The molecule has 0 radical (unpaired) electrons. The quantitative estimate of drug-likeness (QED) is 0.693. The van der Waals surface area contributed by atoms with Crippen molar-refractivity contribution in [2.75, 3.05) is 12.8 Å². The van der Waals surface area contributed by atoms with Crippen LogP contribution in [0, 0.1) is 0 Å². The lowest BCUT2D eigenvalue weighted by molar-refractivity contribution is -0.137. The van der Waals surface area contributed by atoms with Crippen LogP contribution < -0.4 is 5.73 Å². The fourth-order valence-electron chi connectivity index (χ4n) is 2.48. The lowest BCUT2D eigenvalue weighted by Gasteiger charge is -2.03. The zero-order valence-electron chi connectivity index (χ0n) is 11.6. The number of hydrogen-bond acceptors (Lipinski definition) is 6. The molecule has 22 heavy (non-hydrogen) atoms. The molecule has 0 aliphatic carbocycles. The Morgan fingerprint density at radius 1 is 1.36 bits per heavy atom. The molecule has 0 spiro atoms. The number of rotatable bonds is 3. The molecule has 0 fully saturated rings. The molecule has 0 amide bonds. The first kappa shape index (κ1) is 13.8. The van der Waals surface area contributed by atoms with E-state index in [0.717, 1.165) is 0 Å². The normalized spacial score (nSPS) is 11.0. The van der Waals surface area contributed by atoms with Crippen molar-refractivity contribution in [3.8, 4) is 0 Å². The highest BCUT2D eigenvalue weighted by molar-refractivity contribution is 6.13. The van der Waals surface area contributed by atoms with Crippen LogP contribution in [0.25, 0.3) is 21.9 Å². The smallest absolute Gasteiger partial charge is 0.337 e. The SMILES string of the molecule is COC(=O)c1ccc2c(c1)c1c(N)ncnc1n2CC(=O)O. The van der Waals surface area contributed by atoms with Crippen LogP contribution in [-0.4, -0.2) is 38.7 Å². The monoisotopic (exact) mass is 300 g/mol. The minimum atomic E-state index is -1.01. The van der Waals surface area contributed by atoms with Crippen molar-refractivity contribution in [3.63, 3.8) is 0 Å². The largest absolute Gasteiger partial charge is 0.480 e. The van der Waals surface area contributed by atoms with Crippen LogP contribution in [-0.2, 0) is 16.1 Å². The number of carbonyl (C=O) groups is 2. The second-order valence-corrected chi connectivity index (χ2v) is 4.66. The summed E-state index contributed by atoms with van der Waals surface area (Å²) in [6.07, 6.45) is 1.27. The molecule has 3 aromatic rings. The number of carboxylic acids is 1. The fraction of sp³-hybridized carbons (Fsp3) is 0.143. The molecule has 8 nitrogen and oxygen atoms in total. The number of benzene rings is 1. The molecule has 3 N–H and O–H groups in total. The zero-order chi connectivity index (χ0) is 15.9. The van der Waals surface area contributed by atoms with Gasteiger partial charge in [-0.2, -0.15) is 0 Å². The molecular formula is C14H12N4O4. The number of fused-ring (bicyclic) bond motifs is 3. The van der Waals surface area contributed by atoms with E-state index in [0.29, 0.717) is 27.5 Å². The van der Waals surface area contributed by atoms with Crippen molar-refractivity contribution >= 4 is 39.7 Å². The first-order valence-corrected chi connectivity index (χ1v) is 6.35. The molecule has 112 valence electrons. The molecular weight excluding hydrogens is 288 g/mol. The topological polar surface area (TPSA) is 120 Å². The summed E-state index contributed by atoms with van der Waals surface area (Å²) in [5.41, 5.74) is 7.26. The Balaban J connectivity index is 2.40. The number of nitrogens with zero attached hydrogens (tertiary/aromatic N) is 3. The third-order valence-electron chi connectivity index (χ3n) is 3.38. The third-order valence-corrected chi connectivity index (χ3v) is 3.38. The van der Waals surface area contributed by atoms with E-state index in [9.17, 15) is 9.59 Å². The number of nitrogen functional groups attached to an aromatic ring is 1. The number of carbonyl (C=O) groups excluding carboxylic acids is 1. The Morgan fingerprint density at radius 3 is 2.82 bits per heavy atom. The fourth-order valence-corrected chi connectivity index (χ4v) is 2.48. The summed E-state index contributed by atoms with van der Waals surface area (Å²) in [5, 5.41) is 10.2. The number of hydrogen-bond donors (Lipinski definition) is 2. The number of aliphatic carboxylic acids is 1. The molecule has 3 rings (SSSR count). The maximum atomic E-state index is 11.7. The minimum Gasteiger partial charge on any atom is -0.480 e. The molecule has 0 aliphatic rings. The van der Waals surface area contributed by atoms with Crippen molar-refractivity contribution in [3.05, 3.63) is 30.1 Å². The highest BCUT2D eigenvalue weighted by atomic mass is 16.5. The van der Waals surface area contributed by atoms with Crippen molar-refractivity contribution in [2.45, 2.75) is 6.54 Å². The minimum absolute atomic E-state index is 0.223. The molecule has 0 atom stereocenters. The van der Waals surface area contributed by atoms with Gasteiger partial charge in [-0.05, 0) is 18.2 Å². The highest BCUT2D eigenvalue weighted by Gasteiger charge is 2.18. The Morgan fingerprint density at radius 2 is 2.14 bits per heavy atom. The molecule has 8 heteroatoms. The van der Waals surface area contributed by atoms with Crippen LogP contribution >= 0.6 is 0 Å². The van der Waals surface area contributed by atoms with Gasteiger partial charge in [-0.1, -0.05) is 0 Å². The summed E-state index contributed by atoms with van der Waals surface area (Å²) >= 11 is 0. The number of ether oxygens (including phenoxy) is 1. The van der Waals surface area contributed by atoms with E-state index in [1.165, 1.54) is 18.0 Å². The molecule has 0 aliphatic heterocycles. The van der Waals surface area contributed by atoms with Crippen molar-refractivity contribution in [2.24, 2.45) is 0 Å². The number of esters is 1. The van der Waals surface area contributed by atoms with E-state index < -0.39 is 11.9 Å². The van der Waals surface area contributed by atoms with E-state index in [1.54, 1.807) is 18.2 Å². The first-order valence-electron chi connectivity index (χ1n) is 6.35. The number of anilines is 1. The summed E-state index contributed by atoms with van der Waals surface area (Å²) in [4.78, 5) is 30.8. The summed E-state index contributed by atoms with van der Waals surface area (Å²) < 4.78 is 6.22. The van der Waals surface area contributed by atoms with Crippen LogP contribution in [0.15, 0.2) is 24.5 Å². The molecule has 0 saturated carbocycles. The summed E-state index contributed by atoms with van der Waals surface area (Å²) in [7, 11) is 1.29. The number of aromatic nitrogens is 3. The van der Waals surface area contributed by atoms with Crippen LogP contribution in [0.1, 0.15) is 10.4 Å². The molecule has 1 aromatic carbocycles. The number of methoxy groups -OCH3 is 1. The summed E-state index contributed by atoms with van der Waals surface area (Å²) in [5.74, 6) is -1.27. The predicted octanol–water partition coefficient (Wildman–Crippen LogP) is 1.04. The van der Waals surface area contributed by atoms with Crippen LogP contribution in [0.5, 0.6) is 0 Å². The Kier molecular flexibility index (Phi) is 3.13. The average molecular weight is 300 g/mol. The number of carboxylic acid groups (broad SMARTS) is 1. The number of nitrogens with two attached hydrogens (primary N) is 1. The summed E-state index contributed by atoms with van der Waals surface area (Å²) in [6, 6.07) is 4.81. The predicted molar refractivity (Wildman–Crippen MR) is 78.4 cm³/mol. The van der Waals surface area contributed by atoms with Crippen LogP contribution in [0.3, 0.4) is 0 Å². The van der Waals surface area contributed by atoms with E-state index in [2.05, 4.69) is 9.97 Å². The van der Waals surface area contributed by atoms with Crippen LogP contribution in [0.4, 0.5) is 5.82 Å². The van der Waals surface area contributed by atoms with Crippen molar-refractivity contribution < 1.29 is 19.4 Å². The molecule has 0 saturated heterocycles. The van der Waals surface area contributed by atoms with Crippen molar-refractivity contribution in [1.82, 2.24) is 14.5 Å². The van der Waals surface area contributed by atoms with Gasteiger partial charge in [0, 0.05) is 5.39 Å². The molecule has 2 aromatic heterocycles. The zero-order valence-corrected chi connectivity index (χ0v) is 11.6. The standard InChI is InChI=1S/C14H12N4O4/c1-22-14(21)7-2-3-9-8(4-7)11-12(15)16-6-17-13(11)18(9)5-10(19)20/h2-4,6H,5H2,1H3,(H,19,20)(H2,15,16,17). The van der Waals surface area contributed by atoms with E-state index in [1.807, 2.05) is 0 Å². The van der Waals surface area contributed by atoms with Gasteiger partial charge in [0.15, 0.2) is 0 Å². The second kappa shape index (κ2) is 4.99. The van der Waals surface area contributed by atoms with Gasteiger partial charge < -0.3 is 20.1 Å². The molecule has 0 unspecified atom stereocenters. The van der Waals surface area contributed by atoms with Gasteiger partial charge in [0.05, 0.1) is 23.6 Å². The molecule has 2 heterocycles. The van der Waals surface area contributed by atoms with E-state index in [4.69, 9.17) is 15.6 Å². The third kappa shape index (κ3) is 2.01. The van der Waals surface area contributed by atoms with E-state index >= 15 is 0 Å². The van der Waals surface area contributed by atoms with Gasteiger partial charge in [0.2, 0.25) is 0 Å². The van der Waals surface area contributed by atoms with Gasteiger partial charge in [-0.25, -0.2) is 14.8 Å². The Labute approximate surface area is 124 Å². The van der Waals surface area contributed by atoms with Gasteiger partial charge >= 0.3 is 11.9 Å². The maximum absolute atomic E-state index is 11.7. The Bertz CT molecular complexity index is 916. The van der Waals surface area contributed by atoms with E-state index in [-0.39, 0.29) is 12.4 Å². The molecule has 0 bridgehead atoms. The summed E-state index contributed by atoms with van der Waals surface area (Å²) in [6.45, 7) is -0.270. The van der Waals surface area contributed by atoms with Crippen molar-refractivity contribution in [1.29, 1.82) is 0 Å². The lowest BCUT2D eigenvalue weighted by atomic mass is 10.1. The average Bonchev–Trinajstić information content (AvgIpc) is 2.81. The van der Waals surface area contributed by atoms with Crippen LogP contribution in [0.2, 0.25) is 0 Å². The second-order valence-electron chi connectivity index (χ2n) is 4.66. The highest BCUT2D eigenvalue weighted by Crippen LogP contribution is 2.31. The van der Waals surface area contributed by atoms with Gasteiger partial charge in [-0.3, -0.25) is 4.79 Å². The first-order chi connectivity index (χ1) is 10.5. The van der Waals surface area contributed by atoms with Gasteiger partial charge in [-0.15, -0.1) is 0 Å². The Hall–Kier alpha value is -3.16.